The van der Waals surface area contributed by atoms with Crippen LogP contribution in [0, 0.1) is 11.8 Å². The standard InChI is InChI=1S/C42H50N6O7S/c1-3-29(2)40(48-28-39(50)47(42(48)52)26-33-21-22-43-36-16-10-9-15-35(33)36)41(51)45-37(23-30-11-5-4-6-12-30)38(49)27-46(25-32-13-7-8-14-32)56(54,55)34-19-17-31(18-20-34)24-44-53/h4-6,9-12,15-22,24,29,32,37-38,40,49,53H,3,7-8,13-14,23,25-28H2,1-2H3,(H,45,51)/b44-24+/t29?,37-,38+,40?/m0/s1. The van der Waals surface area contributed by atoms with Crippen molar-refractivity contribution in [1.29, 1.82) is 0 Å². The molecule has 6 rings (SSSR count). The van der Waals surface area contributed by atoms with Crippen LogP contribution >= 0.6 is 0 Å². The molecule has 296 valence electrons. The normalized spacial score (nSPS) is 17.6. The molecule has 4 atom stereocenters. The van der Waals surface area contributed by atoms with Gasteiger partial charge in [-0.05, 0) is 72.1 Å². The summed E-state index contributed by atoms with van der Waals surface area (Å²) in [7, 11) is -4.10. The molecule has 1 aliphatic heterocycles. The van der Waals surface area contributed by atoms with E-state index in [1.165, 1.54) is 39.7 Å². The van der Waals surface area contributed by atoms with Gasteiger partial charge in [0.25, 0.3) is 5.91 Å². The number of aliphatic hydroxyl groups excluding tert-OH is 1. The molecule has 1 saturated carbocycles. The van der Waals surface area contributed by atoms with Gasteiger partial charge in [-0.1, -0.05) is 98.9 Å². The quantitative estimate of drug-likeness (QED) is 0.0568. The molecule has 1 aliphatic carbocycles. The maximum absolute atomic E-state index is 14.5. The van der Waals surface area contributed by atoms with Crippen molar-refractivity contribution < 1.29 is 33.1 Å². The number of hydrogen-bond acceptors (Lipinski definition) is 9. The highest BCUT2D eigenvalue weighted by Crippen LogP contribution is 2.29. The van der Waals surface area contributed by atoms with Crippen LogP contribution in [0.4, 0.5) is 4.79 Å². The first kappa shape index (κ1) is 40.5. The smallest absolute Gasteiger partial charge is 0.328 e. The highest BCUT2D eigenvalue weighted by Gasteiger charge is 2.45. The first-order valence-corrected chi connectivity index (χ1v) is 20.7. The number of nitrogens with zero attached hydrogens (tertiary/aromatic N) is 5. The highest BCUT2D eigenvalue weighted by molar-refractivity contribution is 7.89. The van der Waals surface area contributed by atoms with E-state index in [2.05, 4.69) is 15.5 Å². The number of aliphatic hydroxyl groups is 1. The molecular formula is C42H50N6O7S. The van der Waals surface area contributed by atoms with Gasteiger partial charge in [-0.25, -0.2) is 13.2 Å². The molecule has 14 heteroatoms. The summed E-state index contributed by atoms with van der Waals surface area (Å²) in [5.41, 5.74) is 2.82. The van der Waals surface area contributed by atoms with Gasteiger partial charge in [0.1, 0.15) is 12.6 Å². The van der Waals surface area contributed by atoms with Crippen molar-refractivity contribution in [1.82, 2.24) is 24.4 Å². The van der Waals surface area contributed by atoms with Crippen LogP contribution in [0.2, 0.25) is 0 Å². The number of urea groups is 1. The Morgan fingerprint density at radius 3 is 2.41 bits per heavy atom. The molecule has 2 heterocycles. The summed E-state index contributed by atoms with van der Waals surface area (Å²) >= 11 is 0. The number of rotatable bonds is 17. The van der Waals surface area contributed by atoms with Gasteiger partial charge in [-0.2, -0.15) is 4.31 Å². The number of para-hydroxylation sites is 1. The molecule has 3 N–H and O–H groups in total. The average molecular weight is 783 g/mol. The Morgan fingerprint density at radius 2 is 1.71 bits per heavy atom. The third kappa shape index (κ3) is 9.26. The number of nitrogens with one attached hydrogen (secondary N) is 1. The number of benzene rings is 3. The number of hydrogen-bond donors (Lipinski definition) is 3. The first-order valence-electron chi connectivity index (χ1n) is 19.2. The number of imide groups is 1. The zero-order chi connectivity index (χ0) is 39.8. The van der Waals surface area contributed by atoms with Gasteiger partial charge in [0.05, 0.1) is 35.3 Å². The number of pyridine rings is 1. The Bertz CT molecular complexity index is 2120. The highest BCUT2D eigenvalue weighted by atomic mass is 32.2. The molecule has 0 radical (unpaired) electrons. The molecule has 4 aromatic rings. The van der Waals surface area contributed by atoms with Crippen molar-refractivity contribution in [3.63, 3.8) is 0 Å². The van der Waals surface area contributed by atoms with Crippen molar-refractivity contribution >= 4 is 45.0 Å². The van der Waals surface area contributed by atoms with Crippen molar-refractivity contribution in [3.05, 3.63) is 108 Å². The summed E-state index contributed by atoms with van der Waals surface area (Å²) in [6, 6.07) is 21.9. The van der Waals surface area contributed by atoms with Crippen LogP contribution in [-0.2, 0) is 32.6 Å². The maximum atomic E-state index is 14.5. The maximum Gasteiger partial charge on any atom is 0.328 e. The molecule has 56 heavy (non-hydrogen) atoms. The molecule has 0 spiro atoms. The molecule has 2 unspecified atom stereocenters. The molecule has 2 aliphatic rings. The fourth-order valence-electron chi connectivity index (χ4n) is 7.78. The van der Waals surface area contributed by atoms with E-state index >= 15 is 0 Å². The van der Waals surface area contributed by atoms with Crippen LogP contribution in [0.1, 0.15) is 62.6 Å². The second-order valence-electron chi connectivity index (χ2n) is 14.9. The number of aromatic nitrogens is 1. The molecule has 1 saturated heterocycles. The van der Waals surface area contributed by atoms with Crippen molar-refractivity contribution in [2.45, 2.75) is 82.0 Å². The van der Waals surface area contributed by atoms with Gasteiger partial charge < -0.3 is 20.5 Å². The largest absolute Gasteiger partial charge is 0.411 e. The van der Waals surface area contributed by atoms with Gasteiger partial charge in [-0.3, -0.25) is 19.5 Å². The summed E-state index contributed by atoms with van der Waals surface area (Å²) in [5.74, 6) is -1.21. The second kappa shape index (κ2) is 18.2. The number of oxime groups is 1. The lowest BCUT2D eigenvalue weighted by Gasteiger charge is -2.34. The van der Waals surface area contributed by atoms with Crippen molar-refractivity contribution in [2.75, 3.05) is 19.6 Å². The van der Waals surface area contributed by atoms with E-state index in [1.807, 2.05) is 68.4 Å². The monoisotopic (exact) mass is 782 g/mol. The fourth-order valence-corrected chi connectivity index (χ4v) is 9.31. The van der Waals surface area contributed by atoms with Crippen LogP contribution < -0.4 is 5.32 Å². The Morgan fingerprint density at radius 1 is 1.02 bits per heavy atom. The number of sulfonamides is 1. The topological polar surface area (TPSA) is 173 Å². The summed E-state index contributed by atoms with van der Waals surface area (Å²) in [5, 5.41) is 27.8. The third-order valence-electron chi connectivity index (χ3n) is 11.1. The van der Waals surface area contributed by atoms with E-state index in [0.717, 1.165) is 52.6 Å². The van der Waals surface area contributed by atoms with Gasteiger partial charge in [-0.15, -0.1) is 0 Å². The molecule has 13 nitrogen and oxygen atoms in total. The van der Waals surface area contributed by atoms with Crippen molar-refractivity contribution in [2.24, 2.45) is 17.0 Å². The molecule has 4 amide bonds. The number of carbonyl (C=O) groups is 3. The second-order valence-corrected chi connectivity index (χ2v) is 16.8. The van der Waals surface area contributed by atoms with Crippen LogP contribution in [0.15, 0.2) is 101 Å². The van der Waals surface area contributed by atoms with Gasteiger partial charge >= 0.3 is 6.03 Å². The Labute approximate surface area is 328 Å². The Balaban J connectivity index is 1.26. The minimum absolute atomic E-state index is 0.0183. The first-order chi connectivity index (χ1) is 27.0. The van der Waals surface area contributed by atoms with Gasteiger partial charge in [0, 0.05) is 24.7 Å². The summed E-state index contributed by atoms with van der Waals surface area (Å²) in [4.78, 5) is 48.9. The lowest BCUT2D eigenvalue weighted by atomic mass is 9.95. The molecule has 1 aromatic heterocycles. The fraction of sp³-hybridized carbons (Fsp3) is 0.405. The predicted molar refractivity (Wildman–Crippen MR) is 212 cm³/mol. The van der Waals surface area contributed by atoms with Gasteiger partial charge in [0.15, 0.2) is 0 Å². The lowest BCUT2D eigenvalue weighted by molar-refractivity contribution is -0.129. The SMILES string of the molecule is CCC(C)C(C(=O)N[C@@H](Cc1ccccc1)[C@H](O)CN(CC1CCCC1)S(=O)(=O)c1ccc(/C=N/O)cc1)N1CC(=O)N(Cc2ccnc3ccccc23)C1=O. The van der Waals surface area contributed by atoms with Crippen molar-refractivity contribution in [3.8, 4) is 0 Å². The average Bonchev–Trinajstić information content (AvgIpc) is 3.82. The molecule has 3 aromatic carbocycles. The van der Waals surface area contributed by atoms with E-state index in [0.29, 0.717) is 12.0 Å². The Hall–Kier alpha value is -5.18. The van der Waals surface area contributed by atoms with E-state index < -0.39 is 46.1 Å². The summed E-state index contributed by atoms with van der Waals surface area (Å²) < 4.78 is 29.7. The van der Waals surface area contributed by atoms with Crippen LogP contribution in [0.5, 0.6) is 0 Å². The summed E-state index contributed by atoms with van der Waals surface area (Å²) in [6.07, 6.45) is 5.92. The van der Waals surface area contributed by atoms with E-state index in [-0.39, 0.29) is 49.3 Å². The zero-order valence-corrected chi connectivity index (χ0v) is 32.6. The van der Waals surface area contributed by atoms with Gasteiger partial charge in [0.2, 0.25) is 15.9 Å². The van der Waals surface area contributed by atoms with Crippen LogP contribution in [0.25, 0.3) is 10.9 Å². The third-order valence-corrected chi connectivity index (χ3v) is 12.9. The number of amides is 4. The zero-order valence-electron chi connectivity index (χ0n) is 31.8. The summed E-state index contributed by atoms with van der Waals surface area (Å²) in [6.45, 7) is 3.39. The lowest BCUT2D eigenvalue weighted by Crippen LogP contribution is -2.57. The van der Waals surface area contributed by atoms with Crippen LogP contribution in [0.3, 0.4) is 0 Å². The molecular weight excluding hydrogens is 733 g/mol. The number of fused-ring (bicyclic) bond motifs is 1. The van der Waals surface area contributed by atoms with E-state index in [9.17, 15) is 27.9 Å². The van der Waals surface area contributed by atoms with E-state index in [4.69, 9.17) is 5.21 Å². The predicted octanol–water partition coefficient (Wildman–Crippen LogP) is 5.19. The number of carbonyl (C=O) groups excluding carboxylic acids is 3. The van der Waals surface area contributed by atoms with E-state index in [1.54, 1.807) is 12.3 Å². The molecule has 0 bridgehead atoms. The Kier molecular flexibility index (Phi) is 13.1. The molecule has 2 fully saturated rings. The minimum atomic E-state index is -4.10. The minimum Gasteiger partial charge on any atom is -0.411 e. The van der Waals surface area contributed by atoms with Crippen LogP contribution in [-0.4, -0.2) is 99.7 Å².